The molecule has 0 radical (unpaired) electrons. The summed E-state index contributed by atoms with van der Waals surface area (Å²) in [7, 11) is 0. The number of benzene rings is 1. The molecule has 0 spiro atoms. The van der Waals surface area contributed by atoms with Crippen molar-refractivity contribution < 1.29 is 14.3 Å². The van der Waals surface area contributed by atoms with Gasteiger partial charge in [0.05, 0.1) is 6.61 Å². The van der Waals surface area contributed by atoms with E-state index in [0.29, 0.717) is 55.7 Å². The second-order valence-corrected chi connectivity index (χ2v) is 10.7. The Hall–Kier alpha value is -2.90. The smallest absolute Gasteiger partial charge is 0.409 e. The van der Waals surface area contributed by atoms with Crippen LogP contribution in [0.15, 0.2) is 29.3 Å². The van der Waals surface area contributed by atoms with Gasteiger partial charge in [-0.1, -0.05) is 11.1 Å². The van der Waals surface area contributed by atoms with Gasteiger partial charge in [-0.2, -0.15) is 15.4 Å². The van der Waals surface area contributed by atoms with E-state index < -0.39 is 0 Å². The van der Waals surface area contributed by atoms with Crippen molar-refractivity contribution in [3.05, 3.63) is 34.9 Å². The molecule has 8 nitrogen and oxygen atoms in total. The Labute approximate surface area is 192 Å². The molecule has 8 heteroatoms. The number of allylic oxidation sites excluding steroid dienone is 1. The minimum atomic E-state index is -0.184. The maximum absolute atomic E-state index is 13.0. The first-order valence-corrected chi connectivity index (χ1v) is 12.4. The van der Waals surface area contributed by atoms with E-state index in [2.05, 4.69) is 15.4 Å². The third-order valence-electron chi connectivity index (χ3n) is 8.90. The van der Waals surface area contributed by atoms with Gasteiger partial charge in [-0.3, -0.25) is 4.79 Å². The van der Waals surface area contributed by atoms with E-state index in [1.807, 2.05) is 21.9 Å². The summed E-state index contributed by atoms with van der Waals surface area (Å²) in [5, 5.41) is 10.7. The molecule has 1 aromatic carbocycles. The Bertz CT molecular complexity index is 1160. The largest absolute Gasteiger partial charge is 0.449 e. The second-order valence-electron chi connectivity index (χ2n) is 10.7. The summed E-state index contributed by atoms with van der Waals surface area (Å²) in [5.41, 5.74) is 5.43. The van der Waals surface area contributed by atoms with Crippen molar-refractivity contribution in [1.29, 1.82) is 0 Å². The zero-order valence-electron chi connectivity index (χ0n) is 18.7. The quantitative estimate of drug-likeness (QED) is 0.727. The number of nitrogens with one attached hydrogen (secondary N) is 1. The Balaban J connectivity index is 0.921. The van der Waals surface area contributed by atoms with Gasteiger partial charge in [0.15, 0.2) is 0 Å². The summed E-state index contributed by atoms with van der Waals surface area (Å²) in [5.74, 6) is 3.23. The number of hydrogen-bond donors (Lipinski definition) is 1. The molecule has 2 aliphatic heterocycles. The van der Waals surface area contributed by atoms with E-state index in [1.165, 1.54) is 25.7 Å². The molecule has 6 aliphatic rings. The van der Waals surface area contributed by atoms with Crippen LogP contribution in [0.25, 0.3) is 11.0 Å². The van der Waals surface area contributed by atoms with Gasteiger partial charge >= 0.3 is 6.09 Å². The minimum absolute atomic E-state index is 0.0259. The number of fused-ring (bicyclic) bond motifs is 2. The number of H-pyrrole nitrogens is 1. The van der Waals surface area contributed by atoms with Crippen molar-refractivity contribution >= 4 is 23.0 Å². The highest BCUT2D eigenvalue weighted by Gasteiger charge is 2.46. The molecule has 1 aromatic heterocycles. The molecular formula is C25H29N5O3. The average molecular weight is 448 g/mol. The van der Waals surface area contributed by atoms with Crippen molar-refractivity contribution in [1.82, 2.24) is 25.2 Å². The number of rotatable bonds is 4. The van der Waals surface area contributed by atoms with Crippen molar-refractivity contribution in [2.24, 2.45) is 29.6 Å². The number of nitrogens with zero attached hydrogens (tertiary/aromatic N) is 4. The summed E-state index contributed by atoms with van der Waals surface area (Å²) >= 11 is 0. The van der Waals surface area contributed by atoms with Crippen molar-refractivity contribution in [3.8, 4) is 0 Å². The number of amides is 2. The third kappa shape index (κ3) is 3.17. The predicted octanol–water partition coefficient (Wildman–Crippen LogP) is 3.23. The lowest BCUT2D eigenvalue weighted by Crippen LogP contribution is -2.36. The molecule has 2 aromatic rings. The number of carbonyl (C=O) groups is 2. The van der Waals surface area contributed by atoms with Gasteiger partial charge in [-0.25, -0.2) is 4.79 Å². The van der Waals surface area contributed by atoms with E-state index in [4.69, 9.17) is 4.74 Å². The van der Waals surface area contributed by atoms with Crippen molar-refractivity contribution in [2.75, 3.05) is 32.8 Å². The standard InChI is InChI=1S/C25H29N5O3/c31-24(15-1-2-22-23(9-15)27-28-26-22)29-10-18-12-30(13-19(18)11-29)25(32)33-4-3-20-16-5-14-6-17(8-16)21(20)7-14/h1-2,9,14,16-19H,3-8,10-13H2,(H,26,27,28)/t14?,16?,17?,18-,19+. The van der Waals surface area contributed by atoms with Crippen LogP contribution in [-0.4, -0.2) is 70.0 Å². The average Bonchev–Trinajstić information content (AvgIpc) is 3.60. The summed E-state index contributed by atoms with van der Waals surface area (Å²) in [6.07, 6.45) is 6.17. The summed E-state index contributed by atoms with van der Waals surface area (Å²) in [6, 6.07) is 5.42. The van der Waals surface area contributed by atoms with Gasteiger partial charge < -0.3 is 14.5 Å². The number of aromatic amines is 1. The summed E-state index contributed by atoms with van der Waals surface area (Å²) in [4.78, 5) is 29.5. The fourth-order valence-corrected chi connectivity index (χ4v) is 7.47. The lowest BCUT2D eigenvalue weighted by atomic mass is 9.79. The molecule has 172 valence electrons. The van der Waals surface area contributed by atoms with Gasteiger partial charge in [-0.05, 0) is 61.6 Å². The fourth-order valence-electron chi connectivity index (χ4n) is 7.47. The Morgan fingerprint density at radius 3 is 2.55 bits per heavy atom. The molecule has 3 heterocycles. The first kappa shape index (κ1) is 19.6. The van der Waals surface area contributed by atoms with Crippen LogP contribution in [0.4, 0.5) is 4.79 Å². The van der Waals surface area contributed by atoms with E-state index in [0.717, 1.165) is 29.7 Å². The predicted molar refractivity (Wildman–Crippen MR) is 120 cm³/mol. The fraction of sp³-hybridized carbons (Fsp3) is 0.600. The molecule has 2 saturated carbocycles. The molecule has 5 atom stereocenters. The first-order chi connectivity index (χ1) is 16.1. The van der Waals surface area contributed by atoms with Crippen LogP contribution in [0.1, 0.15) is 42.5 Å². The molecule has 4 aliphatic carbocycles. The van der Waals surface area contributed by atoms with E-state index in [-0.39, 0.29) is 12.0 Å². The minimum Gasteiger partial charge on any atom is -0.449 e. The van der Waals surface area contributed by atoms with Gasteiger partial charge in [0.25, 0.3) is 5.91 Å². The number of hydrogen-bond acceptors (Lipinski definition) is 5. The third-order valence-corrected chi connectivity index (χ3v) is 8.90. The Morgan fingerprint density at radius 1 is 0.970 bits per heavy atom. The zero-order chi connectivity index (χ0) is 22.1. The van der Waals surface area contributed by atoms with Gasteiger partial charge in [0.1, 0.15) is 11.0 Å². The zero-order valence-corrected chi connectivity index (χ0v) is 18.7. The van der Waals surface area contributed by atoms with Crippen molar-refractivity contribution in [2.45, 2.75) is 32.1 Å². The molecular weight excluding hydrogens is 418 g/mol. The normalized spacial score (nSPS) is 31.8. The van der Waals surface area contributed by atoms with Gasteiger partial charge in [-0.15, -0.1) is 0 Å². The highest BCUT2D eigenvalue weighted by molar-refractivity contribution is 5.97. The van der Waals surface area contributed by atoms with Crippen LogP contribution in [0, 0.1) is 29.6 Å². The van der Waals surface area contributed by atoms with Crippen LogP contribution in [0.3, 0.4) is 0 Å². The molecule has 3 unspecified atom stereocenters. The summed E-state index contributed by atoms with van der Waals surface area (Å²) < 4.78 is 5.70. The van der Waals surface area contributed by atoms with Crippen LogP contribution in [0.2, 0.25) is 0 Å². The van der Waals surface area contributed by atoms with Crippen LogP contribution in [-0.2, 0) is 4.74 Å². The Morgan fingerprint density at radius 2 is 1.73 bits per heavy atom. The lowest BCUT2D eigenvalue weighted by molar-refractivity contribution is 0.0767. The molecule has 8 rings (SSSR count). The Kier molecular flexibility index (Phi) is 4.33. The van der Waals surface area contributed by atoms with Crippen LogP contribution in [0.5, 0.6) is 0 Å². The lowest BCUT2D eigenvalue weighted by Gasteiger charge is -2.27. The number of likely N-dealkylation sites (tertiary alicyclic amines) is 2. The first-order valence-electron chi connectivity index (χ1n) is 12.4. The molecule has 2 saturated heterocycles. The maximum atomic E-state index is 13.0. The van der Waals surface area contributed by atoms with E-state index >= 15 is 0 Å². The number of carbonyl (C=O) groups excluding carboxylic acids is 2. The highest BCUT2D eigenvalue weighted by atomic mass is 16.6. The van der Waals surface area contributed by atoms with E-state index in [9.17, 15) is 9.59 Å². The molecule has 4 fully saturated rings. The van der Waals surface area contributed by atoms with Gasteiger partial charge in [0, 0.05) is 50.0 Å². The SMILES string of the molecule is O=C(OCCC1=C2CC3CC1CC2C3)N1C[C@@H]2CN(C(=O)c3ccc4n[nH]nc4c3)C[C@@H]2C1. The number of ether oxygens (including phenoxy) is 1. The molecule has 1 N–H and O–H groups in total. The molecule has 33 heavy (non-hydrogen) atoms. The summed E-state index contributed by atoms with van der Waals surface area (Å²) in [6.45, 7) is 3.23. The topological polar surface area (TPSA) is 91.4 Å². The number of aromatic nitrogens is 3. The molecule has 2 amide bonds. The van der Waals surface area contributed by atoms with E-state index in [1.54, 1.807) is 17.2 Å². The van der Waals surface area contributed by atoms with Crippen LogP contribution < -0.4 is 0 Å². The van der Waals surface area contributed by atoms with Crippen molar-refractivity contribution in [3.63, 3.8) is 0 Å². The molecule has 4 bridgehead atoms. The van der Waals surface area contributed by atoms with Gasteiger partial charge in [0.2, 0.25) is 0 Å². The second kappa shape index (κ2) is 7.30. The maximum Gasteiger partial charge on any atom is 0.409 e. The van der Waals surface area contributed by atoms with Crippen LogP contribution >= 0.6 is 0 Å². The monoisotopic (exact) mass is 447 g/mol. The highest BCUT2D eigenvalue weighted by Crippen LogP contribution is 2.58.